The van der Waals surface area contributed by atoms with Gasteiger partial charge in [-0.2, -0.15) is 0 Å². The highest BCUT2D eigenvalue weighted by atomic mass is 16.2. The van der Waals surface area contributed by atoms with Crippen molar-refractivity contribution in [3.8, 4) is 0 Å². The number of nitrogens with one attached hydrogen (secondary N) is 2. The Morgan fingerprint density at radius 2 is 0.730 bits per heavy atom. The van der Waals surface area contributed by atoms with Gasteiger partial charge >= 0.3 is 0 Å². The van der Waals surface area contributed by atoms with E-state index in [4.69, 9.17) is 0 Å². The number of unbranched alkanes of at least 4 members (excludes halogenated alkanes) is 18. The van der Waals surface area contributed by atoms with E-state index >= 15 is 0 Å². The van der Waals surface area contributed by atoms with E-state index in [1.165, 1.54) is 116 Å². The fourth-order valence-electron chi connectivity index (χ4n) is 4.42. The van der Waals surface area contributed by atoms with Crippen LogP contribution in [-0.2, 0) is 9.59 Å². The Bertz CT molecular complexity index is 509. The number of carbonyl (C=O) groups excluding carboxylic acids is 2. The summed E-state index contributed by atoms with van der Waals surface area (Å²) < 4.78 is 0. The van der Waals surface area contributed by atoms with Crippen LogP contribution >= 0.6 is 0 Å². The number of carbonyl (C=O) groups is 2. The Morgan fingerprint density at radius 3 is 1.08 bits per heavy atom. The number of hydrogen-bond acceptors (Lipinski definition) is 2. The minimum Gasteiger partial charge on any atom is -0.339 e. The molecular formula is C33H62N2O2. The van der Waals surface area contributed by atoms with Gasteiger partial charge in [-0.25, -0.2) is 0 Å². The van der Waals surface area contributed by atoms with E-state index < -0.39 is 0 Å². The highest BCUT2D eigenvalue weighted by Crippen LogP contribution is 2.10. The molecule has 0 radical (unpaired) electrons. The number of amides is 2. The first kappa shape index (κ1) is 35.4. The summed E-state index contributed by atoms with van der Waals surface area (Å²) in [4.78, 5) is 23.9. The molecule has 0 aromatic rings. The second kappa shape index (κ2) is 30.6. The third-order valence-electron chi connectivity index (χ3n) is 6.90. The molecule has 0 rings (SSSR count). The Morgan fingerprint density at radius 1 is 0.432 bits per heavy atom. The first-order valence-corrected chi connectivity index (χ1v) is 16.0. The molecule has 216 valence electrons. The first-order valence-electron chi connectivity index (χ1n) is 16.0. The van der Waals surface area contributed by atoms with E-state index in [-0.39, 0.29) is 18.5 Å². The van der Waals surface area contributed by atoms with Crippen LogP contribution in [0.2, 0.25) is 0 Å². The highest BCUT2D eigenvalue weighted by molar-refractivity contribution is 5.78. The summed E-state index contributed by atoms with van der Waals surface area (Å²) in [5.74, 6) is 0.0858. The van der Waals surface area contributed by atoms with Crippen LogP contribution < -0.4 is 10.6 Å². The molecule has 4 nitrogen and oxygen atoms in total. The van der Waals surface area contributed by atoms with E-state index in [1.807, 2.05) is 0 Å². The standard InChI is InChI=1S/C33H62N2O2/c1-3-5-7-9-11-13-15-17-19-21-23-25-27-29-32(36)34-31-35-33(37)30-28-26-24-22-20-18-16-14-12-10-8-6-4-2/h13-16H,3-12,17-31H2,1-2H3,(H,34,36)(H,35,37). The lowest BCUT2D eigenvalue weighted by Gasteiger charge is -2.07. The van der Waals surface area contributed by atoms with Crippen LogP contribution in [0, 0.1) is 0 Å². The maximum atomic E-state index is 11.9. The normalized spacial score (nSPS) is 11.5. The van der Waals surface area contributed by atoms with Gasteiger partial charge in [0.15, 0.2) is 0 Å². The number of rotatable bonds is 28. The molecule has 0 aliphatic heterocycles. The van der Waals surface area contributed by atoms with Gasteiger partial charge in [0.1, 0.15) is 0 Å². The third kappa shape index (κ3) is 30.5. The molecule has 2 N–H and O–H groups in total. The Kier molecular flexibility index (Phi) is 29.3. The molecule has 2 amide bonds. The average Bonchev–Trinajstić information content (AvgIpc) is 2.89. The van der Waals surface area contributed by atoms with Crippen molar-refractivity contribution in [2.75, 3.05) is 6.67 Å². The SMILES string of the molecule is CCCCCCC=CCCCCCCCC(=O)NCNC(=O)CCCCCCCC=CCCCCCC. The van der Waals surface area contributed by atoms with Crippen LogP contribution in [0.15, 0.2) is 24.3 Å². The average molecular weight is 519 g/mol. The Balaban J connectivity index is 3.36. The molecule has 37 heavy (non-hydrogen) atoms. The second-order valence-electron chi connectivity index (χ2n) is 10.6. The van der Waals surface area contributed by atoms with Crippen LogP contribution in [0.1, 0.15) is 168 Å². The molecule has 4 heteroatoms. The van der Waals surface area contributed by atoms with Gasteiger partial charge in [0.25, 0.3) is 0 Å². The molecule has 0 heterocycles. The molecular weight excluding hydrogens is 456 g/mol. The van der Waals surface area contributed by atoms with Crippen LogP contribution in [0.4, 0.5) is 0 Å². The maximum Gasteiger partial charge on any atom is 0.221 e. The quantitative estimate of drug-likeness (QED) is 0.0615. The van der Waals surface area contributed by atoms with Gasteiger partial charge in [0, 0.05) is 12.8 Å². The van der Waals surface area contributed by atoms with E-state index in [0.29, 0.717) is 12.8 Å². The summed E-state index contributed by atoms with van der Waals surface area (Å²) in [6.45, 7) is 4.76. The van der Waals surface area contributed by atoms with Crippen molar-refractivity contribution in [2.45, 2.75) is 168 Å². The summed E-state index contributed by atoms with van der Waals surface area (Å²) in [6, 6.07) is 0. The van der Waals surface area contributed by atoms with Crippen molar-refractivity contribution in [3.05, 3.63) is 24.3 Å². The topological polar surface area (TPSA) is 58.2 Å². The zero-order valence-electron chi connectivity index (χ0n) is 24.8. The lowest BCUT2D eigenvalue weighted by Crippen LogP contribution is -2.37. The first-order chi connectivity index (χ1) is 18.2. The largest absolute Gasteiger partial charge is 0.339 e. The molecule has 0 aliphatic carbocycles. The maximum absolute atomic E-state index is 11.9. The van der Waals surface area contributed by atoms with E-state index in [9.17, 15) is 9.59 Å². The van der Waals surface area contributed by atoms with E-state index in [1.54, 1.807) is 0 Å². The van der Waals surface area contributed by atoms with Gasteiger partial charge in [-0.05, 0) is 64.2 Å². The molecule has 0 spiro atoms. The van der Waals surface area contributed by atoms with Crippen LogP contribution in [0.3, 0.4) is 0 Å². The third-order valence-corrected chi connectivity index (χ3v) is 6.90. The van der Waals surface area contributed by atoms with Gasteiger partial charge in [0.2, 0.25) is 11.8 Å². The fraction of sp³-hybridized carbons (Fsp3) is 0.818. The highest BCUT2D eigenvalue weighted by Gasteiger charge is 2.03. The van der Waals surface area contributed by atoms with Crippen LogP contribution in [0.5, 0.6) is 0 Å². The molecule has 0 saturated heterocycles. The number of hydrogen-bond donors (Lipinski definition) is 2. The van der Waals surface area contributed by atoms with Crippen molar-refractivity contribution in [3.63, 3.8) is 0 Å². The van der Waals surface area contributed by atoms with Crippen molar-refractivity contribution in [1.82, 2.24) is 10.6 Å². The second-order valence-corrected chi connectivity index (χ2v) is 10.6. The monoisotopic (exact) mass is 518 g/mol. The van der Waals surface area contributed by atoms with Crippen LogP contribution in [0.25, 0.3) is 0 Å². The predicted octanol–water partition coefficient (Wildman–Crippen LogP) is 9.69. The zero-order chi connectivity index (χ0) is 27.1. The Hall–Kier alpha value is -1.58. The molecule has 0 atom stereocenters. The van der Waals surface area contributed by atoms with Crippen molar-refractivity contribution >= 4 is 11.8 Å². The molecule has 0 aromatic carbocycles. The Labute approximate surface area is 230 Å². The van der Waals surface area contributed by atoms with Crippen molar-refractivity contribution in [2.24, 2.45) is 0 Å². The van der Waals surface area contributed by atoms with Gasteiger partial charge in [-0.3, -0.25) is 9.59 Å². The molecule has 0 fully saturated rings. The molecule has 0 bridgehead atoms. The smallest absolute Gasteiger partial charge is 0.221 e. The van der Waals surface area contributed by atoms with Crippen LogP contribution in [-0.4, -0.2) is 18.5 Å². The molecule has 0 aromatic heterocycles. The van der Waals surface area contributed by atoms with Gasteiger partial charge in [-0.1, -0.05) is 115 Å². The van der Waals surface area contributed by atoms with Crippen molar-refractivity contribution in [1.29, 1.82) is 0 Å². The van der Waals surface area contributed by atoms with Gasteiger partial charge in [0.05, 0.1) is 6.67 Å². The van der Waals surface area contributed by atoms with E-state index in [0.717, 1.165) is 25.7 Å². The minimum absolute atomic E-state index is 0.0429. The lowest BCUT2D eigenvalue weighted by molar-refractivity contribution is -0.123. The summed E-state index contributed by atoms with van der Waals surface area (Å²) in [7, 11) is 0. The molecule has 0 saturated carbocycles. The zero-order valence-corrected chi connectivity index (χ0v) is 24.8. The number of allylic oxidation sites excluding steroid dienone is 4. The summed E-state index contributed by atoms with van der Waals surface area (Å²) >= 11 is 0. The minimum atomic E-state index is 0.0429. The lowest BCUT2D eigenvalue weighted by atomic mass is 10.1. The van der Waals surface area contributed by atoms with E-state index in [2.05, 4.69) is 48.8 Å². The molecule has 0 aliphatic rings. The predicted molar refractivity (Wildman–Crippen MR) is 162 cm³/mol. The summed E-state index contributed by atoms with van der Waals surface area (Å²) in [5.41, 5.74) is 0. The van der Waals surface area contributed by atoms with Gasteiger partial charge < -0.3 is 10.6 Å². The summed E-state index contributed by atoms with van der Waals surface area (Å²) in [5, 5.41) is 5.64. The molecule has 0 unspecified atom stereocenters. The van der Waals surface area contributed by atoms with Crippen molar-refractivity contribution < 1.29 is 9.59 Å². The summed E-state index contributed by atoms with van der Waals surface area (Å²) in [6.07, 6.45) is 37.5. The van der Waals surface area contributed by atoms with Gasteiger partial charge in [-0.15, -0.1) is 0 Å². The fourth-order valence-corrected chi connectivity index (χ4v) is 4.42.